The topological polar surface area (TPSA) is 80.8 Å². The highest BCUT2D eigenvalue weighted by Crippen LogP contribution is 2.32. The summed E-state index contributed by atoms with van der Waals surface area (Å²) in [6.07, 6.45) is 3.11. The number of amides is 1. The smallest absolute Gasteiger partial charge is 0.348 e. The Kier molecular flexibility index (Phi) is 5.20. The summed E-state index contributed by atoms with van der Waals surface area (Å²) >= 11 is 1.39. The summed E-state index contributed by atoms with van der Waals surface area (Å²) in [5.41, 5.74) is 1.06. The normalized spacial score (nSPS) is 21.9. The Bertz CT molecular complexity index is 779. The molecule has 1 aromatic rings. The standard InChI is InChI=1S/C17H23NO5S2/c1-3-14-11(2)8-15(24-14)17(20)23-9-16(19)18(12-4-5-12)13-6-7-25(21,22)10-13/h8,12-13H,3-7,9-10H2,1-2H3. The van der Waals surface area contributed by atoms with E-state index in [1.165, 1.54) is 11.3 Å². The fraction of sp³-hybridized carbons (Fsp3) is 0.647. The monoisotopic (exact) mass is 385 g/mol. The van der Waals surface area contributed by atoms with E-state index in [4.69, 9.17) is 4.74 Å². The molecule has 8 heteroatoms. The second kappa shape index (κ2) is 7.07. The van der Waals surface area contributed by atoms with Crippen molar-refractivity contribution in [1.29, 1.82) is 0 Å². The predicted molar refractivity (Wildman–Crippen MR) is 95.6 cm³/mol. The Labute approximate surface area is 152 Å². The Balaban J connectivity index is 1.61. The molecule has 1 aromatic heterocycles. The molecule has 1 aliphatic heterocycles. The maximum Gasteiger partial charge on any atom is 0.348 e. The molecule has 0 radical (unpaired) electrons. The third kappa shape index (κ3) is 4.23. The van der Waals surface area contributed by atoms with Crippen LogP contribution in [-0.2, 0) is 25.8 Å². The molecule has 1 amide bonds. The molecule has 3 rings (SSSR count). The van der Waals surface area contributed by atoms with Crippen molar-refractivity contribution in [2.24, 2.45) is 0 Å². The van der Waals surface area contributed by atoms with Crippen molar-refractivity contribution in [2.45, 2.75) is 51.6 Å². The number of carbonyl (C=O) groups is 2. The lowest BCUT2D eigenvalue weighted by Crippen LogP contribution is -2.44. The molecule has 2 heterocycles. The third-order valence-corrected chi connectivity index (χ3v) is 7.81. The first-order valence-electron chi connectivity index (χ1n) is 8.58. The molecule has 2 fully saturated rings. The largest absolute Gasteiger partial charge is 0.451 e. The lowest BCUT2D eigenvalue weighted by molar-refractivity contribution is -0.137. The van der Waals surface area contributed by atoms with Crippen LogP contribution in [-0.4, -0.2) is 55.4 Å². The molecule has 6 nitrogen and oxygen atoms in total. The first-order valence-corrected chi connectivity index (χ1v) is 11.2. The minimum atomic E-state index is -3.06. The van der Waals surface area contributed by atoms with Crippen LogP contribution in [0.3, 0.4) is 0 Å². The highest BCUT2D eigenvalue weighted by Gasteiger charge is 2.42. The summed E-state index contributed by atoms with van der Waals surface area (Å²) < 4.78 is 28.6. The second-order valence-corrected chi connectivity index (χ2v) is 10.1. The molecule has 1 aliphatic carbocycles. The maximum atomic E-state index is 12.5. The van der Waals surface area contributed by atoms with Gasteiger partial charge in [-0.25, -0.2) is 13.2 Å². The van der Waals surface area contributed by atoms with Gasteiger partial charge < -0.3 is 9.64 Å². The van der Waals surface area contributed by atoms with Gasteiger partial charge in [0.1, 0.15) is 4.88 Å². The molecule has 138 valence electrons. The molecule has 1 saturated heterocycles. The minimum absolute atomic E-state index is 0.0210. The molecule has 25 heavy (non-hydrogen) atoms. The van der Waals surface area contributed by atoms with E-state index in [0.717, 1.165) is 29.7 Å². The van der Waals surface area contributed by atoms with Gasteiger partial charge in [-0.3, -0.25) is 4.79 Å². The molecule has 1 atom stereocenters. The zero-order valence-corrected chi connectivity index (χ0v) is 16.1. The lowest BCUT2D eigenvalue weighted by atomic mass is 10.2. The van der Waals surface area contributed by atoms with E-state index in [9.17, 15) is 18.0 Å². The summed E-state index contributed by atoms with van der Waals surface area (Å²) in [5, 5.41) is 0. The van der Waals surface area contributed by atoms with Gasteiger partial charge in [-0.05, 0) is 44.2 Å². The van der Waals surface area contributed by atoms with Crippen LogP contribution in [0.4, 0.5) is 0 Å². The Hall–Kier alpha value is -1.41. The quantitative estimate of drug-likeness (QED) is 0.699. The van der Waals surface area contributed by atoms with E-state index in [1.54, 1.807) is 11.0 Å². The number of aryl methyl sites for hydroxylation is 2. The highest BCUT2D eigenvalue weighted by molar-refractivity contribution is 7.91. The number of ether oxygens (including phenoxy) is 1. The van der Waals surface area contributed by atoms with Gasteiger partial charge in [-0.1, -0.05) is 6.92 Å². The van der Waals surface area contributed by atoms with Crippen LogP contribution < -0.4 is 0 Å². The number of rotatable bonds is 6. The van der Waals surface area contributed by atoms with E-state index in [0.29, 0.717) is 11.3 Å². The van der Waals surface area contributed by atoms with Gasteiger partial charge in [0.2, 0.25) is 0 Å². The van der Waals surface area contributed by atoms with E-state index in [1.807, 2.05) is 13.8 Å². The first kappa shape index (κ1) is 18.4. The number of sulfone groups is 1. The number of carbonyl (C=O) groups excluding carboxylic acids is 2. The molecule has 0 N–H and O–H groups in total. The van der Waals surface area contributed by atoms with Crippen molar-refractivity contribution in [3.05, 3.63) is 21.4 Å². The second-order valence-electron chi connectivity index (χ2n) is 6.74. The summed E-state index contributed by atoms with van der Waals surface area (Å²) in [7, 11) is -3.06. The third-order valence-electron chi connectivity index (χ3n) is 4.70. The fourth-order valence-corrected chi connectivity index (χ4v) is 6.02. The molecule has 0 bridgehead atoms. The van der Waals surface area contributed by atoms with Gasteiger partial charge in [0.15, 0.2) is 16.4 Å². The van der Waals surface area contributed by atoms with Crippen molar-refractivity contribution in [2.75, 3.05) is 18.1 Å². The SMILES string of the molecule is CCc1sc(C(=O)OCC(=O)N(C2CC2)C2CCS(=O)(=O)C2)cc1C. The number of hydrogen-bond donors (Lipinski definition) is 0. The molecule has 1 saturated carbocycles. The van der Waals surface area contributed by atoms with Crippen LogP contribution in [0.1, 0.15) is 46.3 Å². The van der Waals surface area contributed by atoms with Gasteiger partial charge in [-0.2, -0.15) is 0 Å². The molecule has 0 spiro atoms. The average Bonchev–Trinajstić information content (AvgIpc) is 3.21. The lowest BCUT2D eigenvalue weighted by Gasteiger charge is -2.28. The van der Waals surface area contributed by atoms with E-state index >= 15 is 0 Å². The summed E-state index contributed by atoms with van der Waals surface area (Å²) in [5.74, 6) is -0.632. The van der Waals surface area contributed by atoms with Crippen LogP contribution in [0.25, 0.3) is 0 Å². The van der Waals surface area contributed by atoms with Crippen molar-refractivity contribution >= 4 is 33.1 Å². The summed E-state index contributed by atoms with van der Waals surface area (Å²) in [4.78, 5) is 28.0. The zero-order valence-electron chi connectivity index (χ0n) is 14.5. The van der Waals surface area contributed by atoms with E-state index < -0.39 is 15.8 Å². The van der Waals surface area contributed by atoms with Crippen molar-refractivity contribution in [3.63, 3.8) is 0 Å². The van der Waals surface area contributed by atoms with Crippen molar-refractivity contribution in [3.8, 4) is 0 Å². The van der Waals surface area contributed by atoms with Gasteiger partial charge >= 0.3 is 5.97 Å². The van der Waals surface area contributed by atoms with E-state index in [-0.39, 0.29) is 36.1 Å². The molecule has 2 aliphatic rings. The van der Waals surface area contributed by atoms with Gasteiger partial charge in [0, 0.05) is 17.0 Å². The van der Waals surface area contributed by atoms with Crippen LogP contribution in [0.5, 0.6) is 0 Å². The zero-order chi connectivity index (χ0) is 18.2. The van der Waals surface area contributed by atoms with Gasteiger partial charge in [-0.15, -0.1) is 11.3 Å². The minimum Gasteiger partial charge on any atom is -0.451 e. The number of hydrogen-bond acceptors (Lipinski definition) is 6. The molecular formula is C17H23NO5S2. The predicted octanol–water partition coefficient (Wildman–Crippen LogP) is 1.95. The fourth-order valence-electron chi connectivity index (χ4n) is 3.30. The van der Waals surface area contributed by atoms with Crippen molar-refractivity contribution in [1.82, 2.24) is 4.90 Å². The van der Waals surface area contributed by atoms with Crippen LogP contribution in [0.2, 0.25) is 0 Å². The van der Waals surface area contributed by atoms with Crippen LogP contribution >= 0.6 is 11.3 Å². The highest BCUT2D eigenvalue weighted by atomic mass is 32.2. The van der Waals surface area contributed by atoms with E-state index in [2.05, 4.69) is 0 Å². The summed E-state index contributed by atoms with van der Waals surface area (Å²) in [6.45, 7) is 3.65. The van der Waals surface area contributed by atoms with Gasteiger partial charge in [0.25, 0.3) is 5.91 Å². The van der Waals surface area contributed by atoms with Crippen LogP contribution in [0.15, 0.2) is 6.07 Å². The van der Waals surface area contributed by atoms with Gasteiger partial charge in [0.05, 0.1) is 11.5 Å². The van der Waals surface area contributed by atoms with Crippen molar-refractivity contribution < 1.29 is 22.7 Å². The molecular weight excluding hydrogens is 362 g/mol. The maximum absolute atomic E-state index is 12.5. The number of esters is 1. The summed E-state index contributed by atoms with van der Waals surface area (Å²) in [6, 6.07) is 1.61. The molecule has 0 aromatic carbocycles. The Morgan fingerprint density at radius 2 is 2.00 bits per heavy atom. The molecule has 1 unspecified atom stereocenters. The Morgan fingerprint density at radius 1 is 1.28 bits per heavy atom. The number of thiophene rings is 1. The van der Waals surface area contributed by atoms with Crippen LogP contribution in [0, 0.1) is 6.92 Å². The average molecular weight is 386 g/mol. The number of nitrogens with zero attached hydrogens (tertiary/aromatic N) is 1. The first-order chi connectivity index (χ1) is 11.8. The Morgan fingerprint density at radius 3 is 2.52 bits per heavy atom.